The standard InChI is InChI=1S/C15H13N5O/c1-9-18-13-7-20(6-11(13)15(21)19-9)14-10-4-2-3-5-12(10)16-8-17-14/h2-5,8H,6-7H2,1H3,(H,18,19,21). The summed E-state index contributed by atoms with van der Waals surface area (Å²) in [5.41, 5.74) is 2.40. The minimum atomic E-state index is -0.0571. The molecule has 0 bridgehead atoms. The fourth-order valence-electron chi connectivity index (χ4n) is 2.78. The number of anilines is 1. The van der Waals surface area contributed by atoms with Crippen LogP contribution < -0.4 is 10.5 Å². The second kappa shape index (κ2) is 4.37. The molecule has 3 aromatic rings. The van der Waals surface area contributed by atoms with Crippen molar-refractivity contribution in [3.63, 3.8) is 0 Å². The Morgan fingerprint density at radius 3 is 2.95 bits per heavy atom. The van der Waals surface area contributed by atoms with Crippen molar-refractivity contribution in [1.82, 2.24) is 19.9 Å². The zero-order chi connectivity index (χ0) is 14.4. The van der Waals surface area contributed by atoms with Crippen molar-refractivity contribution in [1.29, 1.82) is 0 Å². The van der Waals surface area contributed by atoms with E-state index in [1.54, 1.807) is 13.3 Å². The second-order valence-electron chi connectivity index (χ2n) is 5.15. The van der Waals surface area contributed by atoms with Crippen molar-refractivity contribution >= 4 is 16.7 Å². The van der Waals surface area contributed by atoms with Crippen LogP contribution in [0.15, 0.2) is 35.4 Å². The maximum absolute atomic E-state index is 12.0. The van der Waals surface area contributed by atoms with Gasteiger partial charge in [-0.3, -0.25) is 4.79 Å². The summed E-state index contributed by atoms with van der Waals surface area (Å²) in [7, 11) is 0. The molecule has 0 amide bonds. The van der Waals surface area contributed by atoms with Crippen LogP contribution in [0.2, 0.25) is 0 Å². The number of benzene rings is 1. The third kappa shape index (κ3) is 1.87. The number of H-pyrrole nitrogens is 1. The minimum Gasteiger partial charge on any atom is -0.345 e. The van der Waals surface area contributed by atoms with Gasteiger partial charge in [0.15, 0.2) is 0 Å². The van der Waals surface area contributed by atoms with E-state index in [0.717, 1.165) is 28.0 Å². The molecule has 104 valence electrons. The van der Waals surface area contributed by atoms with E-state index >= 15 is 0 Å². The van der Waals surface area contributed by atoms with Gasteiger partial charge in [0.25, 0.3) is 5.56 Å². The van der Waals surface area contributed by atoms with Gasteiger partial charge in [-0.15, -0.1) is 0 Å². The van der Waals surface area contributed by atoms with Gasteiger partial charge in [-0.2, -0.15) is 0 Å². The van der Waals surface area contributed by atoms with E-state index < -0.39 is 0 Å². The van der Waals surface area contributed by atoms with E-state index in [1.807, 2.05) is 24.3 Å². The van der Waals surface area contributed by atoms with Crippen LogP contribution in [-0.2, 0) is 13.1 Å². The smallest absolute Gasteiger partial charge is 0.256 e. The molecule has 1 aromatic carbocycles. The number of aromatic amines is 1. The molecule has 6 heteroatoms. The molecule has 0 atom stereocenters. The summed E-state index contributed by atoms with van der Waals surface area (Å²) < 4.78 is 0. The Labute approximate surface area is 120 Å². The summed E-state index contributed by atoms with van der Waals surface area (Å²) in [4.78, 5) is 29.9. The topological polar surface area (TPSA) is 74.8 Å². The Morgan fingerprint density at radius 2 is 2.05 bits per heavy atom. The molecule has 0 unspecified atom stereocenters. The van der Waals surface area contributed by atoms with Crippen LogP contribution in [0.5, 0.6) is 0 Å². The summed E-state index contributed by atoms with van der Waals surface area (Å²) in [6.07, 6.45) is 1.56. The number of aromatic nitrogens is 4. The number of fused-ring (bicyclic) bond motifs is 2. The first-order valence-electron chi connectivity index (χ1n) is 6.76. The van der Waals surface area contributed by atoms with Crippen molar-refractivity contribution in [3.05, 3.63) is 58.0 Å². The van der Waals surface area contributed by atoms with E-state index in [1.165, 1.54) is 0 Å². The lowest BCUT2D eigenvalue weighted by Gasteiger charge is -2.17. The zero-order valence-corrected chi connectivity index (χ0v) is 11.5. The molecule has 2 aromatic heterocycles. The molecule has 0 saturated heterocycles. The maximum Gasteiger partial charge on any atom is 0.256 e. The van der Waals surface area contributed by atoms with Crippen LogP contribution in [0.4, 0.5) is 5.82 Å². The fourth-order valence-corrected chi connectivity index (χ4v) is 2.78. The van der Waals surface area contributed by atoms with E-state index in [2.05, 4.69) is 24.8 Å². The number of nitrogens with zero attached hydrogens (tertiary/aromatic N) is 4. The largest absolute Gasteiger partial charge is 0.345 e. The SMILES string of the molecule is Cc1nc2c(c(=O)[nH]1)CN(c1ncnc3ccccc13)C2. The minimum absolute atomic E-state index is 0.0571. The monoisotopic (exact) mass is 279 g/mol. The average molecular weight is 279 g/mol. The normalized spacial score (nSPS) is 13.7. The van der Waals surface area contributed by atoms with Gasteiger partial charge < -0.3 is 9.88 Å². The van der Waals surface area contributed by atoms with Crippen LogP contribution in [0, 0.1) is 6.92 Å². The first-order valence-corrected chi connectivity index (χ1v) is 6.76. The summed E-state index contributed by atoms with van der Waals surface area (Å²) in [6, 6.07) is 7.87. The predicted molar refractivity (Wildman–Crippen MR) is 79.0 cm³/mol. The predicted octanol–water partition coefficient (Wildman–Crippen LogP) is 1.54. The highest BCUT2D eigenvalue weighted by Crippen LogP contribution is 2.28. The molecule has 0 aliphatic carbocycles. The van der Waals surface area contributed by atoms with Gasteiger partial charge in [0.05, 0.1) is 29.9 Å². The van der Waals surface area contributed by atoms with E-state index in [-0.39, 0.29) is 5.56 Å². The molecule has 0 radical (unpaired) electrons. The van der Waals surface area contributed by atoms with Gasteiger partial charge >= 0.3 is 0 Å². The Bertz CT molecular complexity index is 897. The lowest BCUT2D eigenvalue weighted by molar-refractivity contribution is 0.849. The molecule has 1 aliphatic heterocycles. The van der Waals surface area contributed by atoms with Crippen molar-refractivity contribution < 1.29 is 0 Å². The highest BCUT2D eigenvalue weighted by molar-refractivity contribution is 5.89. The van der Waals surface area contributed by atoms with Crippen LogP contribution in [0.3, 0.4) is 0 Å². The van der Waals surface area contributed by atoms with Crippen LogP contribution in [0.1, 0.15) is 17.1 Å². The van der Waals surface area contributed by atoms with E-state index in [4.69, 9.17) is 0 Å². The van der Waals surface area contributed by atoms with E-state index in [0.29, 0.717) is 18.9 Å². The summed E-state index contributed by atoms with van der Waals surface area (Å²) >= 11 is 0. The van der Waals surface area contributed by atoms with Crippen molar-refractivity contribution in [2.75, 3.05) is 4.90 Å². The molecule has 1 N–H and O–H groups in total. The van der Waals surface area contributed by atoms with Gasteiger partial charge in [-0.05, 0) is 19.1 Å². The fraction of sp³-hybridized carbons (Fsp3) is 0.200. The molecule has 4 rings (SSSR count). The summed E-state index contributed by atoms with van der Waals surface area (Å²) in [5, 5.41) is 0.987. The van der Waals surface area contributed by atoms with Crippen molar-refractivity contribution in [2.45, 2.75) is 20.0 Å². The van der Waals surface area contributed by atoms with Crippen LogP contribution >= 0.6 is 0 Å². The average Bonchev–Trinajstić information content (AvgIpc) is 2.90. The number of hydrogen-bond donors (Lipinski definition) is 1. The van der Waals surface area contributed by atoms with Crippen LogP contribution in [0.25, 0.3) is 10.9 Å². The Morgan fingerprint density at radius 1 is 1.19 bits per heavy atom. The first-order chi connectivity index (χ1) is 10.2. The second-order valence-corrected chi connectivity index (χ2v) is 5.15. The molecule has 0 saturated carbocycles. The van der Waals surface area contributed by atoms with Gasteiger partial charge in [0.2, 0.25) is 0 Å². The molecule has 0 spiro atoms. The van der Waals surface area contributed by atoms with Crippen molar-refractivity contribution in [2.24, 2.45) is 0 Å². The molecule has 3 heterocycles. The molecule has 21 heavy (non-hydrogen) atoms. The molecular formula is C15H13N5O. The zero-order valence-electron chi connectivity index (χ0n) is 11.5. The van der Waals surface area contributed by atoms with E-state index in [9.17, 15) is 4.79 Å². The maximum atomic E-state index is 12.0. The number of rotatable bonds is 1. The number of hydrogen-bond acceptors (Lipinski definition) is 5. The number of aryl methyl sites for hydroxylation is 1. The van der Waals surface area contributed by atoms with Gasteiger partial charge in [0, 0.05) is 5.39 Å². The third-order valence-corrected chi connectivity index (χ3v) is 3.73. The summed E-state index contributed by atoms with van der Waals surface area (Å²) in [6.45, 7) is 2.92. The van der Waals surface area contributed by atoms with Gasteiger partial charge in [0.1, 0.15) is 18.0 Å². The van der Waals surface area contributed by atoms with Gasteiger partial charge in [-0.1, -0.05) is 12.1 Å². The van der Waals surface area contributed by atoms with Crippen molar-refractivity contribution in [3.8, 4) is 0 Å². The molecule has 6 nitrogen and oxygen atoms in total. The van der Waals surface area contributed by atoms with Crippen LogP contribution in [-0.4, -0.2) is 19.9 Å². The molecular weight excluding hydrogens is 266 g/mol. The number of para-hydroxylation sites is 1. The Balaban J connectivity index is 1.83. The third-order valence-electron chi connectivity index (χ3n) is 3.73. The quantitative estimate of drug-likeness (QED) is 0.731. The molecule has 0 fully saturated rings. The Hall–Kier alpha value is -2.76. The van der Waals surface area contributed by atoms with Gasteiger partial charge in [-0.25, -0.2) is 15.0 Å². The highest BCUT2D eigenvalue weighted by atomic mass is 16.1. The summed E-state index contributed by atoms with van der Waals surface area (Å²) in [5.74, 6) is 1.49. The number of nitrogens with one attached hydrogen (secondary N) is 1. The highest BCUT2D eigenvalue weighted by Gasteiger charge is 2.25. The lowest BCUT2D eigenvalue weighted by atomic mass is 10.2. The first kappa shape index (κ1) is 12.0. The lowest BCUT2D eigenvalue weighted by Crippen LogP contribution is -2.19. The molecule has 1 aliphatic rings. The Kier molecular flexibility index (Phi) is 2.50.